The third kappa shape index (κ3) is 4.70. The van der Waals surface area contributed by atoms with Gasteiger partial charge in [-0.2, -0.15) is 0 Å². The highest BCUT2D eigenvalue weighted by Gasteiger charge is 2.44. The number of carbonyl (C=O) groups excluding carboxylic acids is 3. The van der Waals surface area contributed by atoms with Gasteiger partial charge in [0.05, 0.1) is 34.9 Å². The van der Waals surface area contributed by atoms with Crippen LogP contribution in [0.25, 0.3) is 6.08 Å². The van der Waals surface area contributed by atoms with E-state index in [0.717, 1.165) is 16.6 Å². The van der Waals surface area contributed by atoms with Crippen molar-refractivity contribution < 1.29 is 19.1 Å². The lowest BCUT2D eigenvalue weighted by Crippen LogP contribution is -2.59. The number of amidine groups is 1. The number of rotatable bonds is 5. The highest BCUT2D eigenvalue weighted by molar-refractivity contribution is 8.14. The van der Waals surface area contributed by atoms with Gasteiger partial charge in [0.2, 0.25) is 11.8 Å². The van der Waals surface area contributed by atoms with Crippen LogP contribution in [0.5, 0.6) is 5.75 Å². The Morgan fingerprint density at radius 2 is 1.97 bits per heavy atom. The molecule has 8 nitrogen and oxygen atoms in total. The first-order valence-corrected chi connectivity index (χ1v) is 13.8. The van der Waals surface area contributed by atoms with Gasteiger partial charge < -0.3 is 10.1 Å². The first-order chi connectivity index (χ1) is 18.2. The summed E-state index contributed by atoms with van der Waals surface area (Å²) >= 11 is 8.97. The summed E-state index contributed by atoms with van der Waals surface area (Å²) in [6.45, 7) is 3.40. The molecule has 3 aromatic rings. The van der Waals surface area contributed by atoms with Gasteiger partial charge in [0.25, 0.3) is 5.91 Å². The maximum absolute atomic E-state index is 13.6. The van der Waals surface area contributed by atoms with Gasteiger partial charge in [-0.25, -0.2) is 4.99 Å². The van der Waals surface area contributed by atoms with E-state index in [1.807, 2.05) is 23.6 Å². The predicted molar refractivity (Wildman–Crippen MR) is 154 cm³/mol. The van der Waals surface area contributed by atoms with Gasteiger partial charge in [0.1, 0.15) is 17.0 Å². The fourth-order valence-electron chi connectivity index (χ4n) is 4.21. The summed E-state index contributed by atoms with van der Waals surface area (Å²) in [7, 11) is 1.51. The molecule has 0 radical (unpaired) electrons. The number of methoxy groups -OCH3 is 1. The number of thioether (sulfide) groups is 1. The largest absolute Gasteiger partial charge is 0.495 e. The van der Waals surface area contributed by atoms with Crippen LogP contribution in [0, 0.1) is 0 Å². The summed E-state index contributed by atoms with van der Waals surface area (Å²) in [6.07, 6.45) is 1.72. The number of amides is 3. The number of hydrogen-bond donors (Lipinski definition) is 1. The third-order valence-corrected chi connectivity index (χ3v) is 8.17. The monoisotopic (exact) mass is 566 g/mol. The lowest BCUT2D eigenvalue weighted by atomic mass is 9.96. The Bertz CT molecular complexity index is 1500. The van der Waals surface area contributed by atoms with Crippen LogP contribution in [0.2, 0.25) is 5.02 Å². The van der Waals surface area contributed by atoms with Gasteiger partial charge in [-0.05, 0) is 61.7 Å². The number of ether oxygens (including phenoxy) is 1. The van der Waals surface area contributed by atoms with Crippen molar-refractivity contribution >= 4 is 80.7 Å². The van der Waals surface area contributed by atoms with Gasteiger partial charge in [-0.3, -0.25) is 24.2 Å². The highest BCUT2D eigenvalue weighted by atomic mass is 35.5. The number of nitrogens with one attached hydrogen (secondary N) is 1. The summed E-state index contributed by atoms with van der Waals surface area (Å²) in [5.74, 6) is -0.483. The van der Waals surface area contributed by atoms with Crippen molar-refractivity contribution in [3.63, 3.8) is 0 Å². The highest BCUT2D eigenvalue weighted by Crippen LogP contribution is 2.38. The predicted octanol–water partition coefficient (Wildman–Crippen LogP) is 5.65. The maximum Gasteiger partial charge on any atom is 0.283 e. The van der Waals surface area contributed by atoms with E-state index in [1.165, 1.54) is 28.2 Å². The molecule has 11 heteroatoms. The normalized spacial score (nSPS) is 17.4. The van der Waals surface area contributed by atoms with Gasteiger partial charge in [-0.1, -0.05) is 41.6 Å². The lowest BCUT2D eigenvalue weighted by molar-refractivity contribution is -0.125. The van der Waals surface area contributed by atoms with Crippen LogP contribution in [-0.4, -0.2) is 41.3 Å². The van der Waals surface area contributed by atoms with Crippen LogP contribution in [0.3, 0.4) is 0 Å². The van der Waals surface area contributed by atoms with Crippen LogP contribution in [0.1, 0.15) is 18.7 Å². The number of para-hydroxylation sites is 2. The van der Waals surface area contributed by atoms with E-state index in [0.29, 0.717) is 33.0 Å². The van der Waals surface area contributed by atoms with Crippen LogP contribution < -0.4 is 19.9 Å². The first-order valence-electron chi connectivity index (χ1n) is 11.6. The van der Waals surface area contributed by atoms with Crippen molar-refractivity contribution in [3.05, 3.63) is 75.6 Å². The van der Waals surface area contributed by atoms with E-state index in [4.69, 9.17) is 16.3 Å². The average Bonchev–Trinajstić information content (AvgIpc) is 3.51. The summed E-state index contributed by atoms with van der Waals surface area (Å²) in [5, 5.41) is 5.45. The molecule has 0 unspecified atom stereocenters. The molecular formula is C27H23ClN4O4S2. The number of aliphatic imine (C=N–C) groups is 1. The smallest absolute Gasteiger partial charge is 0.283 e. The maximum atomic E-state index is 13.6. The van der Waals surface area contributed by atoms with Crippen molar-refractivity contribution in [2.45, 2.75) is 19.4 Å². The van der Waals surface area contributed by atoms with Gasteiger partial charge in [-0.15, -0.1) is 11.3 Å². The van der Waals surface area contributed by atoms with Crippen molar-refractivity contribution in [1.82, 2.24) is 0 Å². The molecule has 38 heavy (non-hydrogen) atoms. The molecule has 5 rings (SSSR count). The zero-order chi connectivity index (χ0) is 27.0. The van der Waals surface area contributed by atoms with Crippen LogP contribution in [-0.2, 0) is 14.4 Å². The topological polar surface area (TPSA) is 91.3 Å². The number of fused-ring (bicyclic) bond motifs is 1. The molecule has 2 aliphatic heterocycles. The molecule has 0 spiro atoms. The third-order valence-electron chi connectivity index (χ3n) is 6.13. The Labute approximate surface area is 232 Å². The van der Waals surface area contributed by atoms with Gasteiger partial charge in [0, 0.05) is 4.88 Å². The summed E-state index contributed by atoms with van der Waals surface area (Å²) in [4.78, 5) is 48.3. The minimum absolute atomic E-state index is 0.0518. The molecule has 2 aliphatic rings. The first kappa shape index (κ1) is 26.0. The quantitative estimate of drug-likeness (QED) is 0.403. The minimum atomic E-state index is -1.10. The molecular weight excluding hydrogens is 544 g/mol. The molecule has 0 saturated carbocycles. The molecule has 0 atom stereocenters. The second-order valence-corrected chi connectivity index (χ2v) is 11.3. The number of carbonyl (C=O) groups is 3. The molecule has 0 aliphatic carbocycles. The molecule has 2 aromatic carbocycles. The van der Waals surface area contributed by atoms with E-state index in [-0.39, 0.29) is 29.2 Å². The molecule has 3 heterocycles. The zero-order valence-corrected chi connectivity index (χ0v) is 23.1. The zero-order valence-electron chi connectivity index (χ0n) is 20.7. The average molecular weight is 567 g/mol. The standard InChI is InChI=1S/C27H23ClN4O4S2/c1-27(2)25(35)29-19-8-4-5-9-21(19)32(27)23(33)15-38-26-30-20(14-17-7-6-12-37-17)24(34)31(26)16-10-11-22(36-3)18(28)13-16/h4-14H,15H2,1-3H3,(H,29,35)/b20-14+. The Kier molecular flexibility index (Phi) is 7.04. The van der Waals surface area contributed by atoms with Crippen LogP contribution >= 0.6 is 34.7 Å². The number of anilines is 3. The van der Waals surface area contributed by atoms with E-state index < -0.39 is 5.54 Å². The van der Waals surface area contributed by atoms with E-state index in [2.05, 4.69) is 10.3 Å². The second-order valence-electron chi connectivity index (χ2n) is 8.95. The minimum Gasteiger partial charge on any atom is -0.495 e. The van der Waals surface area contributed by atoms with Gasteiger partial charge >= 0.3 is 0 Å². The number of thiophene rings is 1. The molecule has 0 fully saturated rings. The molecule has 1 aromatic heterocycles. The number of nitrogens with zero attached hydrogens (tertiary/aromatic N) is 3. The number of halogens is 1. The summed E-state index contributed by atoms with van der Waals surface area (Å²) < 4.78 is 5.25. The Morgan fingerprint density at radius 1 is 1.18 bits per heavy atom. The Balaban J connectivity index is 1.46. The second kappa shape index (κ2) is 10.3. The molecule has 0 bridgehead atoms. The number of hydrogen-bond acceptors (Lipinski definition) is 7. The van der Waals surface area contributed by atoms with Gasteiger partial charge in [0.15, 0.2) is 5.17 Å². The summed E-state index contributed by atoms with van der Waals surface area (Å²) in [5.41, 5.74) is 0.824. The van der Waals surface area contributed by atoms with Crippen molar-refractivity contribution in [1.29, 1.82) is 0 Å². The van der Waals surface area contributed by atoms with E-state index in [1.54, 1.807) is 56.3 Å². The fourth-order valence-corrected chi connectivity index (χ4v) is 5.98. The molecule has 1 N–H and O–H groups in total. The van der Waals surface area contributed by atoms with E-state index >= 15 is 0 Å². The lowest BCUT2D eigenvalue weighted by Gasteiger charge is -2.42. The van der Waals surface area contributed by atoms with E-state index in [9.17, 15) is 14.4 Å². The SMILES string of the molecule is COc1ccc(N2C(=O)/C(=C\c3cccs3)N=C2SCC(=O)N2c3ccccc3NC(=O)C2(C)C)cc1Cl. The fraction of sp³-hybridized carbons (Fsp3) is 0.185. The number of benzene rings is 2. The Morgan fingerprint density at radius 3 is 2.68 bits per heavy atom. The van der Waals surface area contributed by atoms with Crippen molar-refractivity contribution in [3.8, 4) is 5.75 Å². The summed E-state index contributed by atoms with van der Waals surface area (Å²) in [6, 6.07) is 16.0. The van der Waals surface area contributed by atoms with Crippen LogP contribution in [0.15, 0.2) is 70.7 Å². The van der Waals surface area contributed by atoms with Crippen molar-refractivity contribution in [2.75, 3.05) is 28.0 Å². The van der Waals surface area contributed by atoms with Crippen molar-refractivity contribution in [2.24, 2.45) is 4.99 Å². The molecule has 3 amide bonds. The molecule has 194 valence electrons. The molecule has 0 saturated heterocycles. The van der Waals surface area contributed by atoms with Crippen LogP contribution in [0.4, 0.5) is 17.1 Å². The Hall–Kier alpha value is -3.60.